The Bertz CT molecular complexity index is 603. The number of carbonyl (C=O) groups excluding carboxylic acids is 1. The molecule has 2 aromatic rings. The van der Waals surface area contributed by atoms with Crippen LogP contribution in [0.5, 0.6) is 0 Å². The average molecular weight is 255 g/mol. The summed E-state index contributed by atoms with van der Waals surface area (Å²) in [7, 11) is 0. The van der Waals surface area contributed by atoms with E-state index in [1.807, 2.05) is 43.6 Å². The number of hydrogen-bond acceptors (Lipinski definition) is 2. The molecule has 1 unspecified atom stereocenters. The van der Waals surface area contributed by atoms with Crippen molar-refractivity contribution in [1.29, 1.82) is 0 Å². The van der Waals surface area contributed by atoms with Gasteiger partial charge in [-0.2, -0.15) is 0 Å². The molecule has 1 amide bonds. The summed E-state index contributed by atoms with van der Waals surface area (Å²) in [6.45, 7) is 2.89. The number of hydrogen-bond donors (Lipinski definition) is 1. The molecule has 0 bridgehead atoms. The fraction of sp³-hybridized carbons (Fsp3) is 0.333. The summed E-state index contributed by atoms with van der Waals surface area (Å²) in [5, 5.41) is 3.11. The van der Waals surface area contributed by atoms with E-state index in [4.69, 9.17) is 0 Å². The quantitative estimate of drug-likeness (QED) is 0.891. The Kier molecular flexibility index (Phi) is 3.07. The van der Waals surface area contributed by atoms with Crippen molar-refractivity contribution in [2.75, 3.05) is 0 Å². The predicted molar refractivity (Wildman–Crippen MR) is 73.0 cm³/mol. The zero-order valence-electron chi connectivity index (χ0n) is 11.0. The second kappa shape index (κ2) is 4.88. The van der Waals surface area contributed by atoms with Crippen LogP contribution in [0.1, 0.15) is 28.2 Å². The molecule has 0 fully saturated rings. The van der Waals surface area contributed by atoms with Gasteiger partial charge >= 0.3 is 0 Å². The van der Waals surface area contributed by atoms with Crippen LogP contribution in [0.3, 0.4) is 0 Å². The van der Waals surface area contributed by atoms with Crippen LogP contribution in [0.4, 0.5) is 0 Å². The maximum atomic E-state index is 12.2. The molecule has 0 saturated heterocycles. The molecule has 1 aromatic carbocycles. The van der Waals surface area contributed by atoms with E-state index < -0.39 is 0 Å². The monoisotopic (exact) mass is 255 g/mol. The molecule has 98 valence electrons. The van der Waals surface area contributed by atoms with Crippen LogP contribution in [0, 0.1) is 6.92 Å². The number of imidazole rings is 1. The second-order valence-corrected chi connectivity index (χ2v) is 5.01. The molecule has 2 heterocycles. The molecule has 0 radical (unpaired) electrons. The highest BCUT2D eigenvalue weighted by atomic mass is 16.1. The van der Waals surface area contributed by atoms with E-state index in [2.05, 4.69) is 14.9 Å². The number of nitrogens with zero attached hydrogens (tertiary/aromatic N) is 2. The molecule has 4 heteroatoms. The number of aromatic nitrogens is 2. The summed E-state index contributed by atoms with van der Waals surface area (Å²) in [6, 6.07) is 7.86. The first-order valence-corrected chi connectivity index (χ1v) is 6.60. The molecular weight excluding hydrogens is 238 g/mol. The number of benzene rings is 1. The highest BCUT2D eigenvalue weighted by Crippen LogP contribution is 2.14. The largest absolute Gasteiger partial charge is 0.349 e. The minimum Gasteiger partial charge on any atom is -0.349 e. The Balaban J connectivity index is 1.70. The van der Waals surface area contributed by atoms with E-state index in [1.54, 1.807) is 0 Å². The zero-order chi connectivity index (χ0) is 13.2. The Morgan fingerprint density at radius 2 is 2.26 bits per heavy atom. The first-order chi connectivity index (χ1) is 9.24. The van der Waals surface area contributed by atoms with E-state index >= 15 is 0 Å². The lowest BCUT2D eigenvalue weighted by atomic mass is 10.0. The van der Waals surface area contributed by atoms with E-state index in [0.717, 1.165) is 36.3 Å². The van der Waals surface area contributed by atoms with Gasteiger partial charge in [-0.05, 0) is 25.0 Å². The Morgan fingerprint density at radius 3 is 3.11 bits per heavy atom. The number of amides is 1. The summed E-state index contributed by atoms with van der Waals surface area (Å²) >= 11 is 0. The lowest BCUT2D eigenvalue weighted by Crippen LogP contribution is -2.40. The van der Waals surface area contributed by atoms with Gasteiger partial charge in [0, 0.05) is 37.0 Å². The van der Waals surface area contributed by atoms with Crippen molar-refractivity contribution in [2.45, 2.75) is 32.4 Å². The minimum absolute atomic E-state index is 0.0168. The molecular formula is C15H17N3O. The van der Waals surface area contributed by atoms with Gasteiger partial charge < -0.3 is 9.88 Å². The van der Waals surface area contributed by atoms with Crippen molar-refractivity contribution in [3.8, 4) is 0 Å². The van der Waals surface area contributed by atoms with Crippen molar-refractivity contribution >= 4 is 5.91 Å². The van der Waals surface area contributed by atoms with E-state index in [0.29, 0.717) is 0 Å². The van der Waals surface area contributed by atoms with Gasteiger partial charge in [-0.3, -0.25) is 4.79 Å². The molecule has 19 heavy (non-hydrogen) atoms. The molecule has 1 aliphatic heterocycles. The van der Waals surface area contributed by atoms with Crippen molar-refractivity contribution in [1.82, 2.24) is 14.9 Å². The maximum Gasteiger partial charge on any atom is 0.251 e. The van der Waals surface area contributed by atoms with Gasteiger partial charge in [-0.15, -0.1) is 0 Å². The first kappa shape index (κ1) is 12.0. The van der Waals surface area contributed by atoms with Crippen molar-refractivity contribution in [3.63, 3.8) is 0 Å². The fourth-order valence-corrected chi connectivity index (χ4v) is 2.56. The Hall–Kier alpha value is -2.10. The summed E-state index contributed by atoms with van der Waals surface area (Å²) in [6.07, 6.45) is 5.58. The molecule has 1 N–H and O–H groups in total. The third kappa shape index (κ3) is 2.38. The summed E-state index contributed by atoms with van der Waals surface area (Å²) < 4.78 is 2.15. The average Bonchev–Trinajstić information content (AvgIpc) is 2.86. The molecule has 1 aliphatic rings. The van der Waals surface area contributed by atoms with Crippen LogP contribution >= 0.6 is 0 Å². The first-order valence-electron chi connectivity index (χ1n) is 6.60. The number of aryl methyl sites for hydroxylation is 2. The van der Waals surface area contributed by atoms with E-state index in [-0.39, 0.29) is 11.9 Å². The van der Waals surface area contributed by atoms with Crippen LogP contribution in [-0.2, 0) is 13.0 Å². The third-order valence-electron chi connectivity index (χ3n) is 3.67. The second-order valence-electron chi connectivity index (χ2n) is 5.01. The smallest absolute Gasteiger partial charge is 0.251 e. The minimum atomic E-state index is 0.0168. The van der Waals surface area contributed by atoms with Crippen molar-refractivity contribution in [3.05, 3.63) is 53.6 Å². The Labute approximate surface area is 112 Å². The standard InChI is InChI=1S/C15H17N3O/c1-11-4-2-3-5-13(11)15(19)17-12-6-8-18-9-7-16-14(18)10-12/h2-5,7,9,12H,6,8,10H2,1H3,(H,17,19). The summed E-state index contributed by atoms with van der Waals surface area (Å²) in [5.41, 5.74) is 1.77. The highest BCUT2D eigenvalue weighted by Gasteiger charge is 2.21. The molecule has 1 aromatic heterocycles. The van der Waals surface area contributed by atoms with Gasteiger partial charge in [-0.1, -0.05) is 18.2 Å². The van der Waals surface area contributed by atoms with Gasteiger partial charge in [0.2, 0.25) is 0 Å². The van der Waals surface area contributed by atoms with Crippen molar-refractivity contribution in [2.24, 2.45) is 0 Å². The van der Waals surface area contributed by atoms with E-state index in [1.165, 1.54) is 0 Å². The van der Waals surface area contributed by atoms with E-state index in [9.17, 15) is 4.79 Å². The van der Waals surface area contributed by atoms with Crippen molar-refractivity contribution < 1.29 is 4.79 Å². The molecule has 0 spiro atoms. The third-order valence-corrected chi connectivity index (χ3v) is 3.67. The predicted octanol–water partition coefficient (Wildman–Crippen LogP) is 1.94. The summed E-state index contributed by atoms with van der Waals surface area (Å²) in [5.74, 6) is 1.07. The van der Waals surface area contributed by atoms with Crippen LogP contribution in [0.2, 0.25) is 0 Å². The van der Waals surface area contributed by atoms with Gasteiger partial charge in [0.1, 0.15) is 5.82 Å². The van der Waals surface area contributed by atoms with Gasteiger partial charge in [0.05, 0.1) is 0 Å². The number of nitrogens with one attached hydrogen (secondary N) is 1. The lowest BCUT2D eigenvalue weighted by molar-refractivity contribution is 0.0930. The van der Waals surface area contributed by atoms with Crippen LogP contribution in [0.25, 0.3) is 0 Å². The van der Waals surface area contributed by atoms with Crippen LogP contribution in [-0.4, -0.2) is 21.5 Å². The Morgan fingerprint density at radius 1 is 1.42 bits per heavy atom. The maximum absolute atomic E-state index is 12.2. The van der Waals surface area contributed by atoms with Gasteiger partial charge in [-0.25, -0.2) is 4.98 Å². The van der Waals surface area contributed by atoms with Crippen LogP contribution in [0.15, 0.2) is 36.7 Å². The topological polar surface area (TPSA) is 46.9 Å². The van der Waals surface area contributed by atoms with Crippen LogP contribution < -0.4 is 5.32 Å². The SMILES string of the molecule is Cc1ccccc1C(=O)NC1CCn2ccnc2C1. The molecule has 0 saturated carbocycles. The molecule has 1 atom stereocenters. The number of carbonyl (C=O) groups is 1. The summed E-state index contributed by atoms with van der Waals surface area (Å²) in [4.78, 5) is 16.6. The highest BCUT2D eigenvalue weighted by molar-refractivity contribution is 5.95. The number of rotatable bonds is 2. The molecule has 3 rings (SSSR count). The molecule has 4 nitrogen and oxygen atoms in total. The molecule has 0 aliphatic carbocycles. The lowest BCUT2D eigenvalue weighted by Gasteiger charge is -2.24. The normalized spacial score (nSPS) is 17.8. The fourth-order valence-electron chi connectivity index (χ4n) is 2.56. The number of fused-ring (bicyclic) bond motifs is 1. The van der Waals surface area contributed by atoms with Gasteiger partial charge in [0.25, 0.3) is 5.91 Å². The zero-order valence-corrected chi connectivity index (χ0v) is 11.0. The van der Waals surface area contributed by atoms with Gasteiger partial charge in [0.15, 0.2) is 0 Å².